The lowest BCUT2D eigenvalue weighted by molar-refractivity contribution is -0.151. The fraction of sp³-hybridized carbons (Fsp3) is 0.852. The van der Waals surface area contributed by atoms with Gasteiger partial charge in [0.25, 0.3) is 0 Å². The third-order valence-corrected chi connectivity index (χ3v) is 6.40. The monoisotopic (exact) mass is 528 g/mol. The van der Waals surface area contributed by atoms with E-state index in [0.717, 1.165) is 32.1 Å². The van der Waals surface area contributed by atoms with E-state index in [0.29, 0.717) is 19.5 Å². The molecule has 1 N–H and O–H groups in total. The van der Waals surface area contributed by atoms with Crippen molar-refractivity contribution in [3.05, 3.63) is 0 Å². The lowest BCUT2D eigenvalue weighted by atomic mass is 9.79. The molecule has 0 aliphatic carbocycles. The van der Waals surface area contributed by atoms with Crippen LogP contribution in [-0.4, -0.2) is 82.5 Å². The SMILES string of the molecule is CC(C)(C)OC(=O)N1CCCC[C@H]1C(C)(C)C(=O)O.COC(=O)C[C@@H]1CCCCN1C(=O)OC(C)(C)C. The summed E-state index contributed by atoms with van der Waals surface area (Å²) < 4.78 is 15.4. The van der Waals surface area contributed by atoms with Gasteiger partial charge in [0.1, 0.15) is 11.2 Å². The maximum Gasteiger partial charge on any atom is 0.410 e. The van der Waals surface area contributed by atoms with Gasteiger partial charge in [-0.15, -0.1) is 0 Å². The largest absolute Gasteiger partial charge is 0.481 e. The Kier molecular flexibility index (Phi) is 11.7. The van der Waals surface area contributed by atoms with Crippen LogP contribution in [0.3, 0.4) is 0 Å². The minimum absolute atomic E-state index is 0.0963. The van der Waals surface area contributed by atoms with Gasteiger partial charge < -0.3 is 29.1 Å². The Hall–Kier alpha value is -2.52. The molecule has 0 aromatic heterocycles. The molecule has 2 atom stereocenters. The number of nitrogens with zero attached hydrogens (tertiary/aromatic N) is 2. The van der Waals surface area contributed by atoms with Crippen molar-refractivity contribution in [2.45, 2.75) is 124 Å². The van der Waals surface area contributed by atoms with Gasteiger partial charge in [0, 0.05) is 19.1 Å². The molecule has 2 saturated heterocycles. The van der Waals surface area contributed by atoms with Crippen molar-refractivity contribution < 1.29 is 38.5 Å². The summed E-state index contributed by atoms with van der Waals surface area (Å²) in [5.41, 5.74) is -2.03. The fourth-order valence-electron chi connectivity index (χ4n) is 4.41. The Labute approximate surface area is 222 Å². The maximum atomic E-state index is 12.2. The number of methoxy groups -OCH3 is 1. The van der Waals surface area contributed by atoms with Crippen molar-refractivity contribution in [3.63, 3.8) is 0 Å². The van der Waals surface area contributed by atoms with E-state index in [2.05, 4.69) is 4.74 Å². The van der Waals surface area contributed by atoms with Gasteiger partial charge in [-0.05, 0) is 93.9 Å². The van der Waals surface area contributed by atoms with Crippen molar-refractivity contribution in [3.8, 4) is 0 Å². The molecule has 0 radical (unpaired) electrons. The third kappa shape index (κ3) is 10.8. The Bertz CT molecular complexity index is 797. The molecule has 10 heteroatoms. The highest BCUT2D eigenvalue weighted by Crippen LogP contribution is 2.33. The number of carbonyl (C=O) groups excluding carboxylic acids is 3. The summed E-state index contributed by atoms with van der Waals surface area (Å²) in [5.74, 6) is -1.16. The Morgan fingerprint density at radius 3 is 1.68 bits per heavy atom. The van der Waals surface area contributed by atoms with Gasteiger partial charge in [-0.3, -0.25) is 9.59 Å². The number of aliphatic carboxylic acids is 1. The number of hydrogen-bond acceptors (Lipinski definition) is 7. The number of rotatable bonds is 4. The zero-order valence-corrected chi connectivity index (χ0v) is 24.2. The highest BCUT2D eigenvalue weighted by molar-refractivity contribution is 5.77. The quantitative estimate of drug-likeness (QED) is 0.389. The Morgan fingerprint density at radius 2 is 1.22 bits per heavy atom. The molecule has 214 valence electrons. The molecule has 2 amide bonds. The number of carboxylic acids is 1. The number of likely N-dealkylation sites (tertiary alicyclic amines) is 2. The molecule has 2 heterocycles. The van der Waals surface area contributed by atoms with E-state index in [1.54, 1.807) is 23.6 Å². The lowest BCUT2D eigenvalue weighted by Crippen LogP contribution is -2.54. The lowest BCUT2D eigenvalue weighted by Gasteiger charge is -2.42. The number of ether oxygens (including phenoxy) is 3. The van der Waals surface area contributed by atoms with Gasteiger partial charge in [-0.1, -0.05) is 0 Å². The van der Waals surface area contributed by atoms with Crippen molar-refractivity contribution in [1.29, 1.82) is 0 Å². The number of carboxylic acid groups (broad SMARTS) is 1. The predicted molar refractivity (Wildman–Crippen MR) is 139 cm³/mol. The summed E-state index contributed by atoms with van der Waals surface area (Å²) in [4.78, 5) is 50.2. The Morgan fingerprint density at radius 1 is 0.757 bits per heavy atom. The van der Waals surface area contributed by atoms with E-state index in [1.807, 2.05) is 41.5 Å². The zero-order chi connectivity index (χ0) is 28.6. The van der Waals surface area contributed by atoms with Crippen LogP contribution < -0.4 is 0 Å². The minimum atomic E-state index is -0.961. The molecule has 0 bridgehead atoms. The van der Waals surface area contributed by atoms with Crippen LogP contribution in [0.15, 0.2) is 0 Å². The van der Waals surface area contributed by atoms with Crippen LogP contribution in [0.5, 0.6) is 0 Å². The van der Waals surface area contributed by atoms with Gasteiger partial charge >= 0.3 is 24.1 Å². The number of amides is 2. The molecular weight excluding hydrogens is 480 g/mol. The van der Waals surface area contributed by atoms with E-state index in [1.165, 1.54) is 7.11 Å². The Balaban J connectivity index is 0.000000371. The first kappa shape index (κ1) is 32.5. The molecule has 0 saturated carbocycles. The van der Waals surface area contributed by atoms with Crippen LogP contribution in [0, 0.1) is 5.41 Å². The first-order chi connectivity index (χ1) is 16.9. The summed E-state index contributed by atoms with van der Waals surface area (Å²) >= 11 is 0. The summed E-state index contributed by atoms with van der Waals surface area (Å²) in [7, 11) is 1.36. The van der Waals surface area contributed by atoms with Crippen LogP contribution in [0.1, 0.15) is 100 Å². The number of esters is 1. The second kappa shape index (κ2) is 13.3. The van der Waals surface area contributed by atoms with E-state index < -0.39 is 28.7 Å². The summed E-state index contributed by atoms with van der Waals surface area (Å²) in [6.45, 7) is 15.5. The van der Waals surface area contributed by atoms with Crippen LogP contribution in [0.25, 0.3) is 0 Å². The van der Waals surface area contributed by atoms with Crippen LogP contribution in [0.2, 0.25) is 0 Å². The molecule has 10 nitrogen and oxygen atoms in total. The average molecular weight is 529 g/mol. The van der Waals surface area contributed by atoms with Crippen molar-refractivity contribution in [2.24, 2.45) is 5.41 Å². The third-order valence-electron chi connectivity index (χ3n) is 6.40. The normalized spacial score (nSPS) is 20.8. The molecule has 2 aliphatic heterocycles. The van der Waals surface area contributed by atoms with Gasteiger partial charge in [0.15, 0.2) is 0 Å². The first-order valence-corrected chi connectivity index (χ1v) is 13.2. The molecule has 37 heavy (non-hydrogen) atoms. The van der Waals surface area contributed by atoms with Crippen molar-refractivity contribution in [1.82, 2.24) is 9.80 Å². The average Bonchev–Trinajstić information content (AvgIpc) is 2.77. The fourth-order valence-corrected chi connectivity index (χ4v) is 4.41. The van der Waals surface area contributed by atoms with Crippen LogP contribution in [-0.2, 0) is 23.8 Å². The number of hydrogen-bond donors (Lipinski definition) is 1. The maximum absolute atomic E-state index is 12.2. The predicted octanol–water partition coefficient (Wildman–Crippen LogP) is 5.23. The standard InChI is InChI=1S/C14H25NO4.C13H23NO4/c1-13(2,3)19-12(18)15-9-7-6-8-10(15)14(4,5)11(16)17;1-13(2,3)18-12(16)14-8-6-5-7-10(14)9-11(15)17-4/h10H,6-9H2,1-5H3,(H,16,17);10H,5-9H2,1-4H3/t2*10-/m00/s1. The van der Waals surface area contributed by atoms with E-state index in [-0.39, 0.29) is 30.6 Å². The molecule has 0 unspecified atom stereocenters. The van der Waals surface area contributed by atoms with E-state index in [9.17, 15) is 24.3 Å². The van der Waals surface area contributed by atoms with Gasteiger partial charge in [0.05, 0.1) is 25.0 Å². The van der Waals surface area contributed by atoms with Crippen molar-refractivity contribution in [2.75, 3.05) is 20.2 Å². The highest BCUT2D eigenvalue weighted by Gasteiger charge is 2.44. The van der Waals surface area contributed by atoms with Gasteiger partial charge in [-0.25, -0.2) is 9.59 Å². The molecular formula is C27H48N2O8. The van der Waals surface area contributed by atoms with Gasteiger partial charge in [-0.2, -0.15) is 0 Å². The summed E-state index contributed by atoms with van der Waals surface area (Å²) in [6, 6.07) is -0.408. The zero-order valence-electron chi connectivity index (χ0n) is 24.2. The summed E-state index contributed by atoms with van der Waals surface area (Å²) in [6.07, 6.45) is 4.86. The molecule has 0 aromatic rings. The minimum Gasteiger partial charge on any atom is -0.481 e. The molecule has 0 spiro atoms. The van der Waals surface area contributed by atoms with E-state index in [4.69, 9.17) is 9.47 Å². The summed E-state index contributed by atoms with van der Waals surface area (Å²) in [5, 5.41) is 9.35. The first-order valence-electron chi connectivity index (χ1n) is 13.2. The van der Waals surface area contributed by atoms with E-state index >= 15 is 0 Å². The molecule has 2 rings (SSSR count). The number of piperidine rings is 2. The van der Waals surface area contributed by atoms with Crippen molar-refractivity contribution >= 4 is 24.1 Å². The second-order valence-corrected chi connectivity index (χ2v) is 12.3. The van der Waals surface area contributed by atoms with Gasteiger partial charge in [0.2, 0.25) is 0 Å². The molecule has 2 fully saturated rings. The number of carbonyl (C=O) groups is 4. The smallest absolute Gasteiger partial charge is 0.410 e. The molecule has 2 aliphatic rings. The highest BCUT2D eigenvalue weighted by atomic mass is 16.6. The topological polar surface area (TPSA) is 123 Å². The van der Waals surface area contributed by atoms with Crippen LogP contribution in [0.4, 0.5) is 9.59 Å². The van der Waals surface area contributed by atoms with Crippen LogP contribution >= 0.6 is 0 Å². The molecule has 0 aromatic carbocycles. The second-order valence-electron chi connectivity index (χ2n) is 12.3.